The zero-order chi connectivity index (χ0) is 10.1. The molecule has 0 bridgehead atoms. The molecule has 2 rings (SSSR count). The fourth-order valence-corrected chi connectivity index (χ4v) is 1.51. The van der Waals surface area contributed by atoms with Crippen LogP contribution < -0.4 is 10.6 Å². The van der Waals surface area contributed by atoms with Gasteiger partial charge in [-0.15, -0.1) is 0 Å². The van der Waals surface area contributed by atoms with Crippen LogP contribution in [0.25, 0.3) is 0 Å². The van der Waals surface area contributed by atoms with E-state index < -0.39 is 5.91 Å². The number of rotatable bonds is 3. The van der Waals surface area contributed by atoms with Crippen molar-refractivity contribution >= 4 is 11.7 Å². The lowest BCUT2D eigenvalue weighted by Gasteiger charge is -2.19. The summed E-state index contributed by atoms with van der Waals surface area (Å²) in [6.45, 7) is 0. The van der Waals surface area contributed by atoms with Crippen LogP contribution in [0.4, 0.5) is 5.82 Å². The van der Waals surface area contributed by atoms with Gasteiger partial charge in [-0.1, -0.05) is 0 Å². The number of primary amides is 1. The molecule has 1 saturated carbocycles. The average Bonchev–Trinajstić information content (AvgIpc) is 3.00. The van der Waals surface area contributed by atoms with Crippen molar-refractivity contribution in [1.82, 2.24) is 4.98 Å². The van der Waals surface area contributed by atoms with E-state index in [4.69, 9.17) is 5.73 Å². The zero-order valence-corrected chi connectivity index (χ0v) is 8.10. The molecule has 0 saturated heterocycles. The molecule has 1 aromatic heterocycles. The molecule has 0 unspecified atom stereocenters. The Morgan fingerprint density at radius 1 is 1.64 bits per heavy atom. The third kappa shape index (κ3) is 1.55. The van der Waals surface area contributed by atoms with E-state index in [9.17, 15) is 4.79 Å². The normalized spacial score (nSPS) is 15.2. The molecule has 4 heteroatoms. The predicted octanol–water partition coefficient (Wildman–Crippen LogP) is 0.779. The SMILES string of the molecule is CN(c1ncccc1C(N)=O)C1CC1. The molecule has 0 aliphatic heterocycles. The van der Waals surface area contributed by atoms with Crippen LogP contribution in [0, 0.1) is 0 Å². The Morgan fingerprint density at radius 3 is 2.93 bits per heavy atom. The number of hydrogen-bond acceptors (Lipinski definition) is 3. The van der Waals surface area contributed by atoms with Crippen molar-refractivity contribution in [2.45, 2.75) is 18.9 Å². The van der Waals surface area contributed by atoms with Gasteiger partial charge in [-0.3, -0.25) is 4.79 Å². The number of nitrogens with two attached hydrogens (primary N) is 1. The van der Waals surface area contributed by atoms with E-state index in [0.717, 1.165) is 0 Å². The van der Waals surface area contributed by atoms with Crippen LogP contribution in [0.1, 0.15) is 23.2 Å². The zero-order valence-electron chi connectivity index (χ0n) is 8.10. The lowest BCUT2D eigenvalue weighted by molar-refractivity contribution is 0.100. The van der Waals surface area contributed by atoms with Crippen LogP contribution in [0.5, 0.6) is 0 Å². The van der Waals surface area contributed by atoms with E-state index in [1.807, 2.05) is 11.9 Å². The third-order valence-electron chi connectivity index (χ3n) is 2.48. The van der Waals surface area contributed by atoms with Crippen LogP contribution in [-0.2, 0) is 0 Å². The maximum absolute atomic E-state index is 11.1. The number of pyridine rings is 1. The van der Waals surface area contributed by atoms with Gasteiger partial charge in [-0.25, -0.2) is 4.98 Å². The maximum atomic E-state index is 11.1. The molecule has 1 heterocycles. The Bertz CT molecular complexity index is 360. The van der Waals surface area contributed by atoms with Crippen molar-refractivity contribution in [1.29, 1.82) is 0 Å². The summed E-state index contributed by atoms with van der Waals surface area (Å²) >= 11 is 0. The average molecular weight is 191 g/mol. The number of hydrogen-bond donors (Lipinski definition) is 1. The Balaban J connectivity index is 2.34. The summed E-state index contributed by atoms with van der Waals surface area (Å²) < 4.78 is 0. The van der Waals surface area contributed by atoms with Crippen LogP contribution in [0.15, 0.2) is 18.3 Å². The van der Waals surface area contributed by atoms with Crippen LogP contribution in [-0.4, -0.2) is 24.0 Å². The molecule has 14 heavy (non-hydrogen) atoms. The molecular weight excluding hydrogens is 178 g/mol. The van der Waals surface area contributed by atoms with Crippen molar-refractivity contribution < 1.29 is 4.79 Å². The predicted molar refractivity (Wildman–Crippen MR) is 54.2 cm³/mol. The molecule has 74 valence electrons. The van der Waals surface area contributed by atoms with Gasteiger partial charge in [0, 0.05) is 19.3 Å². The monoisotopic (exact) mass is 191 g/mol. The molecule has 0 radical (unpaired) electrons. The summed E-state index contributed by atoms with van der Waals surface area (Å²) in [7, 11) is 1.95. The summed E-state index contributed by atoms with van der Waals surface area (Å²) in [4.78, 5) is 17.3. The number of amides is 1. The molecule has 4 nitrogen and oxygen atoms in total. The van der Waals surface area contributed by atoms with Gasteiger partial charge in [0.1, 0.15) is 5.82 Å². The Hall–Kier alpha value is -1.58. The van der Waals surface area contributed by atoms with E-state index in [1.165, 1.54) is 12.8 Å². The lowest BCUT2D eigenvalue weighted by atomic mass is 10.2. The molecule has 1 fully saturated rings. The fourth-order valence-electron chi connectivity index (χ4n) is 1.51. The van der Waals surface area contributed by atoms with E-state index >= 15 is 0 Å². The molecule has 0 spiro atoms. The van der Waals surface area contributed by atoms with Gasteiger partial charge in [0.15, 0.2) is 0 Å². The minimum Gasteiger partial charge on any atom is -0.365 e. The highest BCUT2D eigenvalue weighted by Crippen LogP contribution is 2.30. The fraction of sp³-hybridized carbons (Fsp3) is 0.400. The molecular formula is C10H13N3O. The highest BCUT2D eigenvalue weighted by Gasteiger charge is 2.28. The van der Waals surface area contributed by atoms with Gasteiger partial charge in [0.25, 0.3) is 5.91 Å². The van der Waals surface area contributed by atoms with Crippen molar-refractivity contribution in [2.24, 2.45) is 5.73 Å². The third-order valence-corrected chi connectivity index (χ3v) is 2.48. The summed E-state index contributed by atoms with van der Waals surface area (Å²) in [5.74, 6) is 0.281. The topological polar surface area (TPSA) is 59.2 Å². The Morgan fingerprint density at radius 2 is 2.36 bits per heavy atom. The molecule has 0 aromatic carbocycles. The summed E-state index contributed by atoms with van der Waals surface area (Å²) in [5.41, 5.74) is 5.77. The Kier molecular flexibility index (Phi) is 2.11. The summed E-state index contributed by atoms with van der Waals surface area (Å²) in [5, 5.41) is 0. The molecule has 0 atom stereocenters. The van der Waals surface area contributed by atoms with Crippen molar-refractivity contribution in [3.63, 3.8) is 0 Å². The minimum absolute atomic E-state index is 0.416. The highest BCUT2D eigenvalue weighted by molar-refractivity contribution is 5.97. The highest BCUT2D eigenvalue weighted by atomic mass is 16.1. The van der Waals surface area contributed by atoms with Crippen LogP contribution in [0.2, 0.25) is 0 Å². The van der Waals surface area contributed by atoms with Crippen LogP contribution in [0.3, 0.4) is 0 Å². The number of carbonyl (C=O) groups excluding carboxylic acids is 1. The molecule has 1 amide bonds. The van der Waals surface area contributed by atoms with E-state index in [0.29, 0.717) is 17.4 Å². The van der Waals surface area contributed by atoms with Gasteiger partial charge < -0.3 is 10.6 Å². The standard InChI is InChI=1S/C10H13N3O/c1-13(7-4-5-7)10-8(9(11)14)3-2-6-12-10/h2-3,6-7H,4-5H2,1H3,(H2,11,14). The lowest BCUT2D eigenvalue weighted by Crippen LogP contribution is -2.25. The van der Waals surface area contributed by atoms with Crippen LogP contribution >= 0.6 is 0 Å². The van der Waals surface area contributed by atoms with Gasteiger partial charge in [0.2, 0.25) is 0 Å². The summed E-state index contributed by atoms with van der Waals surface area (Å²) in [6.07, 6.45) is 4.03. The first kappa shape index (κ1) is 8.99. The van der Waals surface area contributed by atoms with E-state index in [1.54, 1.807) is 18.3 Å². The number of anilines is 1. The largest absolute Gasteiger partial charge is 0.365 e. The first-order chi connectivity index (χ1) is 6.70. The molecule has 1 aromatic rings. The molecule has 1 aliphatic carbocycles. The van der Waals surface area contributed by atoms with Gasteiger partial charge in [-0.05, 0) is 25.0 Å². The second-order valence-electron chi connectivity index (χ2n) is 3.58. The second kappa shape index (κ2) is 3.29. The molecule has 1 aliphatic rings. The summed E-state index contributed by atoms with van der Waals surface area (Å²) in [6, 6.07) is 3.97. The van der Waals surface area contributed by atoms with Gasteiger partial charge in [-0.2, -0.15) is 0 Å². The second-order valence-corrected chi connectivity index (χ2v) is 3.58. The quantitative estimate of drug-likeness (QED) is 0.768. The van der Waals surface area contributed by atoms with Crippen molar-refractivity contribution in [2.75, 3.05) is 11.9 Å². The van der Waals surface area contributed by atoms with Gasteiger partial charge in [0.05, 0.1) is 5.56 Å². The van der Waals surface area contributed by atoms with Gasteiger partial charge >= 0.3 is 0 Å². The Labute approximate surface area is 82.7 Å². The first-order valence-corrected chi connectivity index (χ1v) is 4.68. The smallest absolute Gasteiger partial charge is 0.252 e. The number of carbonyl (C=O) groups is 1. The van der Waals surface area contributed by atoms with Crippen molar-refractivity contribution in [3.8, 4) is 0 Å². The minimum atomic E-state index is -0.416. The van der Waals surface area contributed by atoms with E-state index in [2.05, 4.69) is 4.98 Å². The number of nitrogens with zero attached hydrogens (tertiary/aromatic N) is 2. The molecule has 2 N–H and O–H groups in total. The van der Waals surface area contributed by atoms with E-state index in [-0.39, 0.29) is 0 Å². The number of aromatic nitrogens is 1. The first-order valence-electron chi connectivity index (χ1n) is 4.68. The van der Waals surface area contributed by atoms with Crippen molar-refractivity contribution in [3.05, 3.63) is 23.9 Å². The maximum Gasteiger partial charge on any atom is 0.252 e.